The second kappa shape index (κ2) is 11.1. The van der Waals surface area contributed by atoms with Crippen LogP contribution in [0.1, 0.15) is 41.0 Å². The molecule has 0 bridgehead atoms. The Morgan fingerprint density at radius 2 is 1.07 bits per heavy atom. The van der Waals surface area contributed by atoms with Gasteiger partial charge in [0.2, 0.25) is 0 Å². The molecule has 0 amide bonds. The summed E-state index contributed by atoms with van der Waals surface area (Å²) in [6.45, 7) is 15.7. The van der Waals surface area contributed by atoms with Gasteiger partial charge in [-0.25, -0.2) is 0 Å². The van der Waals surface area contributed by atoms with Gasteiger partial charge in [0.05, 0.1) is 0 Å². The normalized spacial score (nSPS) is 23.8. The third kappa shape index (κ3) is 15.0. The zero-order valence-corrected chi connectivity index (χ0v) is 20.6. The molecule has 2 rings (SSSR count). The first kappa shape index (κ1) is 31.3. The summed E-state index contributed by atoms with van der Waals surface area (Å²) < 4.78 is 59.2. The topological polar surface area (TPSA) is 0 Å². The molecule has 9 heteroatoms. The molecule has 28 heavy (non-hydrogen) atoms. The maximum absolute atomic E-state index is 10.7. The molecule has 2 fully saturated rings. The molecule has 0 nitrogen and oxygen atoms in total. The summed E-state index contributed by atoms with van der Waals surface area (Å²) in [6, 6.07) is 0. The van der Waals surface area contributed by atoms with E-state index < -0.39 is 7.81 Å². The van der Waals surface area contributed by atoms with Gasteiger partial charge in [0.25, 0.3) is 0 Å². The van der Waals surface area contributed by atoms with Gasteiger partial charge in [-0.05, 0) is 87.1 Å². The average molecular weight is 536 g/mol. The van der Waals surface area contributed by atoms with Crippen molar-refractivity contribution in [1.82, 2.24) is 0 Å². The van der Waals surface area contributed by atoms with E-state index in [1.54, 1.807) is 5.92 Å². The first-order valence-corrected chi connectivity index (χ1v) is 12.8. The first-order valence-electron chi connectivity index (χ1n) is 8.48. The van der Waals surface area contributed by atoms with Crippen LogP contribution in [0.2, 0.25) is 0 Å². The smallest absolute Gasteiger partial charge is 0 e. The van der Waals surface area contributed by atoms with Crippen molar-refractivity contribution in [2.75, 3.05) is 13.3 Å². The van der Waals surface area contributed by atoms with Crippen molar-refractivity contribution in [1.29, 1.82) is 0 Å². The predicted molar refractivity (Wildman–Crippen MR) is 107 cm³/mol. The molecular formula is C19H29F6P2Rh-. The molecule has 0 aliphatic heterocycles. The van der Waals surface area contributed by atoms with Gasteiger partial charge in [0.1, 0.15) is 0 Å². The van der Waals surface area contributed by atoms with Gasteiger partial charge in [0.15, 0.2) is 0 Å². The van der Waals surface area contributed by atoms with Crippen molar-refractivity contribution in [3.63, 3.8) is 0 Å². The molecule has 0 spiro atoms. The van der Waals surface area contributed by atoms with E-state index in [2.05, 4.69) is 80.1 Å². The van der Waals surface area contributed by atoms with Crippen LogP contribution >= 0.6 is 15.7 Å². The fraction of sp³-hybridized carbons (Fsp3) is 0.474. The van der Waals surface area contributed by atoms with E-state index in [9.17, 15) is 25.2 Å². The third-order valence-corrected chi connectivity index (χ3v) is 5.92. The molecular weight excluding hydrogens is 507 g/mol. The van der Waals surface area contributed by atoms with Crippen LogP contribution in [0.15, 0.2) is 0 Å². The van der Waals surface area contributed by atoms with Crippen molar-refractivity contribution < 1.29 is 44.7 Å². The Kier molecular flexibility index (Phi) is 12.4. The molecule has 0 aromatic carbocycles. The van der Waals surface area contributed by atoms with Crippen LogP contribution < -0.4 is 0 Å². The Labute approximate surface area is 182 Å². The molecule has 0 heterocycles. The molecule has 0 aromatic heterocycles. The van der Waals surface area contributed by atoms with E-state index in [4.69, 9.17) is 0 Å². The minimum Gasteiger partial charge on any atom is 0 e. The number of hydrogen-bond acceptors (Lipinski definition) is 0. The second-order valence-corrected chi connectivity index (χ2v) is 11.1. The van der Waals surface area contributed by atoms with Crippen LogP contribution in [-0.2, 0) is 19.5 Å². The minimum absolute atomic E-state index is 0. The van der Waals surface area contributed by atoms with Crippen molar-refractivity contribution in [3.8, 4) is 0 Å². The summed E-state index contributed by atoms with van der Waals surface area (Å²) in [4.78, 5) is 0. The molecule has 11 radical (unpaired) electrons. The largest absolute Gasteiger partial charge is 0 e. The quantitative estimate of drug-likeness (QED) is 0.188. The van der Waals surface area contributed by atoms with Crippen LogP contribution in [0.4, 0.5) is 25.2 Å². The maximum Gasteiger partial charge on any atom is 0 e. The number of hydrogen-bond donors (Lipinski definition) is 0. The number of rotatable bonds is 2. The standard InChI is InChI=1S/C11H17.C8H12P.F6P.Rh/c1-6-11-9(4)7(2)8(3)10(11)5;1-9(2)8-6-4-3-5-7-8;1-7(2,3,4,5)6;/h6H2,1-5H3;3-8H,1-2H3;;/q;;-1;. The van der Waals surface area contributed by atoms with E-state index in [1.165, 1.54) is 30.1 Å². The van der Waals surface area contributed by atoms with Gasteiger partial charge < -0.3 is 0 Å². The van der Waals surface area contributed by atoms with E-state index in [-0.39, 0.29) is 27.4 Å². The molecule has 0 aromatic rings. The van der Waals surface area contributed by atoms with Crippen molar-refractivity contribution in [3.05, 3.63) is 61.7 Å². The molecule has 0 unspecified atom stereocenters. The van der Waals surface area contributed by atoms with Crippen molar-refractivity contribution in [2.45, 2.75) is 46.7 Å². The first-order chi connectivity index (χ1) is 11.8. The van der Waals surface area contributed by atoms with Crippen LogP contribution in [-0.4, -0.2) is 19.0 Å². The summed E-state index contributed by atoms with van der Waals surface area (Å²) in [6.07, 6.45) is 12.1. The summed E-state index contributed by atoms with van der Waals surface area (Å²) in [5.41, 5.74) is 0.727. The predicted octanol–water partition coefficient (Wildman–Crippen LogP) is 8.87. The fourth-order valence-electron chi connectivity index (χ4n) is 2.66. The van der Waals surface area contributed by atoms with E-state index in [0.717, 1.165) is 5.66 Å². The van der Waals surface area contributed by atoms with Crippen LogP contribution in [0, 0.1) is 61.7 Å². The summed E-state index contributed by atoms with van der Waals surface area (Å²) >= 11 is 0. The monoisotopic (exact) mass is 536 g/mol. The van der Waals surface area contributed by atoms with Gasteiger partial charge in [0, 0.05) is 19.5 Å². The van der Waals surface area contributed by atoms with E-state index in [0.29, 0.717) is 0 Å². The van der Waals surface area contributed by atoms with E-state index >= 15 is 0 Å². The van der Waals surface area contributed by atoms with Crippen LogP contribution in [0.25, 0.3) is 0 Å². The molecule has 0 N–H and O–H groups in total. The van der Waals surface area contributed by atoms with Gasteiger partial charge >= 0.3 is 33.0 Å². The van der Waals surface area contributed by atoms with Gasteiger partial charge in [-0.3, -0.25) is 0 Å². The summed E-state index contributed by atoms with van der Waals surface area (Å²) in [5.74, 6) is 7.53. The van der Waals surface area contributed by atoms with Gasteiger partial charge in [-0.2, -0.15) is 0 Å². The Morgan fingerprint density at radius 1 is 0.750 bits per heavy atom. The summed E-state index contributed by atoms with van der Waals surface area (Å²) in [7, 11) is -10.5. The van der Waals surface area contributed by atoms with Gasteiger partial charge in [-0.1, -0.05) is 34.6 Å². The van der Waals surface area contributed by atoms with Crippen molar-refractivity contribution in [2.24, 2.45) is 0 Å². The Balaban J connectivity index is 0. The average Bonchev–Trinajstić information content (AvgIpc) is 2.69. The Hall–Kier alpha value is 1.06. The zero-order valence-electron chi connectivity index (χ0n) is 17.2. The SMILES string of the molecule is CC[C]1[C](C)[C](C)[C](C)[C]1C.CP(C)C1[CH][CH][CH][CH][CH]1.F[P-](F)(F)(F)(F)F.[Rh]. The molecule has 2 saturated carbocycles. The van der Waals surface area contributed by atoms with Crippen molar-refractivity contribution >= 4 is 15.7 Å². The Bertz CT molecular complexity index is 409. The van der Waals surface area contributed by atoms with Crippen LogP contribution in [0.5, 0.6) is 0 Å². The molecule has 0 atom stereocenters. The molecule has 0 saturated heterocycles. The Morgan fingerprint density at radius 3 is 1.25 bits per heavy atom. The number of halogens is 6. The summed E-state index contributed by atoms with van der Waals surface area (Å²) in [5, 5.41) is 0. The minimum atomic E-state index is -10.7. The van der Waals surface area contributed by atoms with Crippen LogP contribution in [0.3, 0.4) is 0 Å². The van der Waals surface area contributed by atoms with E-state index in [1.807, 2.05) is 0 Å². The van der Waals surface area contributed by atoms with Gasteiger partial charge in [-0.15, -0.1) is 7.92 Å². The molecule has 2 aliphatic rings. The molecule has 2 aliphatic carbocycles. The molecule has 167 valence electrons. The maximum atomic E-state index is 9.87. The zero-order chi connectivity index (χ0) is 21.7. The fourth-order valence-corrected chi connectivity index (χ4v) is 3.54. The third-order valence-electron chi connectivity index (χ3n) is 4.38. The second-order valence-electron chi connectivity index (χ2n) is 6.71.